The third kappa shape index (κ3) is 3.71. The van der Waals surface area contributed by atoms with Crippen LogP contribution in [0.1, 0.15) is 29.8 Å². The van der Waals surface area contributed by atoms with Crippen molar-refractivity contribution >= 4 is 11.8 Å². The van der Waals surface area contributed by atoms with E-state index in [0.717, 1.165) is 0 Å². The zero-order valence-corrected chi connectivity index (χ0v) is 11.6. The molecule has 1 aromatic carbocycles. The lowest BCUT2D eigenvalue weighted by atomic mass is 10.0. The SMILES string of the molecule is CCOC(=O)COc1ccc(C(=O)CN)c(O)c1CC. The zero-order valence-electron chi connectivity index (χ0n) is 11.6. The van der Waals surface area contributed by atoms with Crippen molar-refractivity contribution in [3.63, 3.8) is 0 Å². The Labute approximate surface area is 117 Å². The fourth-order valence-electron chi connectivity index (χ4n) is 1.77. The van der Waals surface area contributed by atoms with Crippen molar-refractivity contribution in [2.45, 2.75) is 20.3 Å². The van der Waals surface area contributed by atoms with Gasteiger partial charge in [-0.1, -0.05) is 6.92 Å². The number of carbonyl (C=O) groups excluding carboxylic acids is 2. The van der Waals surface area contributed by atoms with Gasteiger partial charge < -0.3 is 20.3 Å². The summed E-state index contributed by atoms with van der Waals surface area (Å²) in [5.74, 6) is -0.638. The number of nitrogens with two attached hydrogens (primary N) is 1. The minimum absolute atomic E-state index is 0.149. The number of esters is 1. The Kier molecular flexibility index (Phi) is 5.99. The van der Waals surface area contributed by atoms with Crippen molar-refractivity contribution in [1.82, 2.24) is 0 Å². The molecule has 6 heteroatoms. The summed E-state index contributed by atoms with van der Waals surface area (Å²) in [5, 5.41) is 10.1. The van der Waals surface area contributed by atoms with Crippen LogP contribution in [-0.2, 0) is 16.0 Å². The first-order chi connectivity index (χ1) is 9.54. The summed E-state index contributed by atoms with van der Waals surface area (Å²) in [6.45, 7) is 3.36. The Morgan fingerprint density at radius 3 is 2.55 bits per heavy atom. The normalized spacial score (nSPS) is 10.2. The number of carbonyl (C=O) groups is 2. The minimum Gasteiger partial charge on any atom is -0.507 e. The average molecular weight is 281 g/mol. The minimum atomic E-state index is -0.490. The van der Waals surface area contributed by atoms with E-state index in [9.17, 15) is 14.7 Å². The van der Waals surface area contributed by atoms with Crippen LogP contribution in [0.25, 0.3) is 0 Å². The van der Waals surface area contributed by atoms with Gasteiger partial charge in [0.25, 0.3) is 0 Å². The van der Waals surface area contributed by atoms with Gasteiger partial charge in [0.2, 0.25) is 0 Å². The largest absolute Gasteiger partial charge is 0.507 e. The maximum absolute atomic E-state index is 11.6. The van der Waals surface area contributed by atoms with Gasteiger partial charge in [-0.3, -0.25) is 4.79 Å². The quantitative estimate of drug-likeness (QED) is 0.572. The lowest BCUT2D eigenvalue weighted by Gasteiger charge is -2.13. The van der Waals surface area contributed by atoms with Gasteiger partial charge in [-0.05, 0) is 25.5 Å². The van der Waals surface area contributed by atoms with Crippen LogP contribution in [-0.4, -0.2) is 36.6 Å². The van der Waals surface area contributed by atoms with E-state index in [4.69, 9.17) is 15.2 Å². The summed E-state index contributed by atoms with van der Waals surface area (Å²) in [6, 6.07) is 2.98. The summed E-state index contributed by atoms with van der Waals surface area (Å²) < 4.78 is 10.1. The fourth-order valence-corrected chi connectivity index (χ4v) is 1.77. The topological polar surface area (TPSA) is 98.9 Å². The second-order valence-corrected chi connectivity index (χ2v) is 4.01. The van der Waals surface area contributed by atoms with Crippen molar-refractivity contribution in [2.24, 2.45) is 5.73 Å². The number of hydrogen-bond donors (Lipinski definition) is 2. The molecule has 0 atom stereocenters. The summed E-state index contributed by atoms with van der Waals surface area (Å²) in [4.78, 5) is 22.8. The average Bonchev–Trinajstić information content (AvgIpc) is 2.44. The Balaban J connectivity index is 2.95. The number of phenolic OH excluding ortho intramolecular Hbond substituents is 1. The predicted molar refractivity (Wildman–Crippen MR) is 73.0 cm³/mol. The monoisotopic (exact) mass is 281 g/mol. The molecule has 0 saturated heterocycles. The maximum Gasteiger partial charge on any atom is 0.344 e. The zero-order chi connectivity index (χ0) is 15.1. The van der Waals surface area contributed by atoms with Gasteiger partial charge in [0.15, 0.2) is 12.4 Å². The molecule has 3 N–H and O–H groups in total. The van der Waals surface area contributed by atoms with E-state index < -0.39 is 5.97 Å². The molecule has 0 aliphatic carbocycles. The second-order valence-electron chi connectivity index (χ2n) is 4.01. The molecule has 1 aromatic rings. The lowest BCUT2D eigenvalue weighted by Crippen LogP contribution is -2.16. The van der Waals surface area contributed by atoms with Gasteiger partial charge in [-0.15, -0.1) is 0 Å². The van der Waals surface area contributed by atoms with Crippen LogP contribution in [0.4, 0.5) is 0 Å². The van der Waals surface area contributed by atoms with E-state index in [2.05, 4.69) is 0 Å². The molecule has 0 fully saturated rings. The molecule has 0 aromatic heterocycles. The number of phenols is 1. The van der Waals surface area contributed by atoms with Gasteiger partial charge >= 0.3 is 5.97 Å². The van der Waals surface area contributed by atoms with Crippen molar-refractivity contribution in [2.75, 3.05) is 19.8 Å². The van der Waals surface area contributed by atoms with Crippen molar-refractivity contribution in [1.29, 1.82) is 0 Å². The highest BCUT2D eigenvalue weighted by molar-refractivity contribution is 6.00. The highest BCUT2D eigenvalue weighted by Crippen LogP contribution is 2.32. The van der Waals surface area contributed by atoms with Crippen LogP contribution in [0.3, 0.4) is 0 Å². The molecule has 1 rings (SSSR count). The number of hydrogen-bond acceptors (Lipinski definition) is 6. The highest BCUT2D eigenvalue weighted by Gasteiger charge is 2.17. The van der Waals surface area contributed by atoms with Gasteiger partial charge in [0, 0.05) is 5.56 Å². The Morgan fingerprint density at radius 1 is 1.30 bits per heavy atom. The molecule has 0 saturated carbocycles. The third-order valence-electron chi connectivity index (χ3n) is 2.73. The predicted octanol–water partition coefficient (Wildman–Crippen LogP) is 1.04. The van der Waals surface area contributed by atoms with E-state index in [1.165, 1.54) is 6.07 Å². The van der Waals surface area contributed by atoms with Crippen LogP contribution >= 0.6 is 0 Å². The maximum atomic E-state index is 11.6. The molecular weight excluding hydrogens is 262 g/mol. The molecule has 0 bridgehead atoms. The molecular formula is C14H19NO5. The van der Waals surface area contributed by atoms with E-state index in [0.29, 0.717) is 17.7 Å². The lowest BCUT2D eigenvalue weighted by molar-refractivity contribution is -0.145. The molecule has 0 aliphatic rings. The molecule has 6 nitrogen and oxygen atoms in total. The third-order valence-corrected chi connectivity index (χ3v) is 2.73. The van der Waals surface area contributed by atoms with E-state index >= 15 is 0 Å². The summed E-state index contributed by atoms with van der Waals surface area (Å²) in [5.41, 5.74) is 5.91. The van der Waals surface area contributed by atoms with Gasteiger partial charge in [0.1, 0.15) is 11.5 Å². The van der Waals surface area contributed by atoms with E-state index in [1.807, 2.05) is 6.92 Å². The molecule has 20 heavy (non-hydrogen) atoms. The number of ketones is 1. The van der Waals surface area contributed by atoms with Gasteiger partial charge in [0.05, 0.1) is 18.7 Å². The van der Waals surface area contributed by atoms with Crippen molar-refractivity contribution in [3.8, 4) is 11.5 Å². The molecule has 0 unspecified atom stereocenters. The fraction of sp³-hybridized carbons (Fsp3) is 0.429. The first kappa shape index (κ1) is 16.0. The number of benzene rings is 1. The van der Waals surface area contributed by atoms with Crippen molar-refractivity contribution < 1.29 is 24.2 Å². The summed E-state index contributed by atoms with van der Waals surface area (Å²) in [6.07, 6.45) is 0.454. The van der Waals surface area contributed by atoms with Crippen LogP contribution in [0.5, 0.6) is 11.5 Å². The molecule has 0 heterocycles. The van der Waals surface area contributed by atoms with Crippen LogP contribution in [0.2, 0.25) is 0 Å². The number of rotatable bonds is 7. The van der Waals surface area contributed by atoms with E-state index in [1.54, 1.807) is 13.0 Å². The second kappa shape index (κ2) is 7.49. The van der Waals surface area contributed by atoms with Gasteiger partial charge in [-0.25, -0.2) is 4.79 Å². The van der Waals surface area contributed by atoms with Gasteiger partial charge in [-0.2, -0.15) is 0 Å². The molecule has 0 amide bonds. The Hall–Kier alpha value is -2.08. The van der Waals surface area contributed by atoms with Crippen molar-refractivity contribution in [3.05, 3.63) is 23.3 Å². The standard InChI is InChI=1S/C14H19NO5/c1-3-9-12(20-8-13(17)19-4-2)6-5-10(14(9)18)11(16)7-15/h5-6,18H,3-4,7-8,15H2,1-2H3. The smallest absolute Gasteiger partial charge is 0.344 e. The van der Waals surface area contributed by atoms with Crippen LogP contribution in [0.15, 0.2) is 12.1 Å². The number of Topliss-reactive ketones (excluding diaryl/α,β-unsaturated/α-hetero) is 1. The molecule has 110 valence electrons. The first-order valence-electron chi connectivity index (χ1n) is 6.41. The Morgan fingerprint density at radius 2 is 2.00 bits per heavy atom. The molecule has 0 spiro atoms. The van der Waals surface area contributed by atoms with Crippen LogP contribution in [0, 0.1) is 0 Å². The Bertz CT molecular complexity index is 499. The molecule has 0 aliphatic heterocycles. The first-order valence-corrected chi connectivity index (χ1v) is 6.41. The summed E-state index contributed by atoms with van der Waals surface area (Å²) in [7, 11) is 0. The highest BCUT2D eigenvalue weighted by atomic mass is 16.6. The number of ether oxygens (including phenoxy) is 2. The summed E-state index contributed by atoms with van der Waals surface area (Å²) >= 11 is 0. The number of aromatic hydroxyl groups is 1. The molecule has 0 radical (unpaired) electrons. The van der Waals surface area contributed by atoms with Crippen LogP contribution < -0.4 is 10.5 Å². The van der Waals surface area contributed by atoms with E-state index in [-0.39, 0.29) is 36.9 Å².